The Morgan fingerprint density at radius 1 is 0.897 bits per heavy atom. The van der Waals surface area contributed by atoms with Crippen molar-refractivity contribution < 1.29 is 14.3 Å². The van der Waals surface area contributed by atoms with Crippen LogP contribution in [-0.4, -0.2) is 20.3 Å². The molecule has 29 heavy (non-hydrogen) atoms. The minimum absolute atomic E-state index is 0.0934. The Kier molecular flexibility index (Phi) is 5.36. The molecule has 0 aromatic heterocycles. The van der Waals surface area contributed by atoms with Crippen LogP contribution in [0.15, 0.2) is 71.6 Å². The smallest absolute Gasteiger partial charge is 0.339 e. The lowest BCUT2D eigenvalue weighted by atomic mass is 10.1. The van der Waals surface area contributed by atoms with Crippen molar-refractivity contribution in [3.8, 4) is 11.5 Å². The van der Waals surface area contributed by atoms with Crippen LogP contribution < -0.4 is 18.7 Å². The lowest BCUT2D eigenvalue weighted by Crippen LogP contribution is -2.43. The van der Waals surface area contributed by atoms with Gasteiger partial charge in [-0.05, 0) is 54.3 Å². The number of methoxy groups -OCH3 is 2. The molecule has 0 fully saturated rings. The zero-order valence-corrected chi connectivity index (χ0v) is 17.4. The first kappa shape index (κ1) is 19.2. The van der Waals surface area contributed by atoms with Gasteiger partial charge in [-0.1, -0.05) is 36.4 Å². The molecule has 1 aliphatic heterocycles. The molecular weight excluding hydrogens is 384 g/mol. The summed E-state index contributed by atoms with van der Waals surface area (Å²) in [6.45, 7) is 2.57. The van der Waals surface area contributed by atoms with Gasteiger partial charge in [-0.15, -0.1) is 0 Å². The quantitative estimate of drug-likeness (QED) is 0.512. The molecule has 1 aliphatic rings. The number of carbonyl (C=O) groups is 1. The molecule has 0 radical (unpaired) electrons. The van der Waals surface area contributed by atoms with Crippen LogP contribution in [0.25, 0.3) is 0 Å². The number of nitrogens with zero attached hydrogens (tertiary/aromatic N) is 2. The van der Waals surface area contributed by atoms with Gasteiger partial charge in [0, 0.05) is 6.07 Å². The maximum Gasteiger partial charge on any atom is 0.339 e. The van der Waals surface area contributed by atoms with Gasteiger partial charge in [0.25, 0.3) is 0 Å². The van der Waals surface area contributed by atoms with Gasteiger partial charge < -0.3 is 9.47 Å². The zero-order valence-electron chi connectivity index (χ0n) is 16.6. The molecule has 4 rings (SSSR count). The zero-order chi connectivity index (χ0) is 20.4. The van der Waals surface area contributed by atoms with Crippen LogP contribution in [0.1, 0.15) is 11.1 Å². The van der Waals surface area contributed by atoms with Crippen molar-refractivity contribution >= 4 is 29.4 Å². The molecule has 1 heterocycles. The fourth-order valence-electron chi connectivity index (χ4n) is 3.33. The summed E-state index contributed by atoms with van der Waals surface area (Å²) in [6.07, 6.45) is 0. The molecule has 2 amide bonds. The summed E-state index contributed by atoms with van der Waals surface area (Å²) in [5, 5.41) is 0. The van der Waals surface area contributed by atoms with Crippen LogP contribution in [0.4, 0.5) is 16.2 Å². The highest BCUT2D eigenvalue weighted by molar-refractivity contribution is 8.01. The first-order chi connectivity index (χ1) is 14.1. The van der Waals surface area contributed by atoms with E-state index in [9.17, 15) is 4.79 Å². The Labute approximate surface area is 175 Å². The number of benzene rings is 3. The highest BCUT2D eigenvalue weighted by Gasteiger charge is 2.33. The second kappa shape index (κ2) is 8.09. The second-order valence-electron chi connectivity index (χ2n) is 6.69. The Bertz CT molecular complexity index is 1050. The molecule has 148 valence electrons. The predicted octanol–water partition coefficient (Wildman–Crippen LogP) is 5.67. The molecule has 6 heteroatoms. The molecule has 0 bridgehead atoms. The van der Waals surface area contributed by atoms with E-state index < -0.39 is 0 Å². The Morgan fingerprint density at radius 3 is 2.38 bits per heavy atom. The molecule has 0 unspecified atom stereocenters. The van der Waals surface area contributed by atoms with Crippen molar-refractivity contribution in [1.82, 2.24) is 0 Å². The third kappa shape index (κ3) is 3.63. The third-order valence-electron chi connectivity index (χ3n) is 4.94. The van der Waals surface area contributed by atoms with Gasteiger partial charge >= 0.3 is 6.03 Å². The first-order valence-electron chi connectivity index (χ1n) is 9.27. The van der Waals surface area contributed by atoms with Gasteiger partial charge in [0.15, 0.2) is 11.5 Å². The Balaban J connectivity index is 1.75. The molecular formula is C23H22N2O3S. The number of hydrogen-bond donors (Lipinski definition) is 0. The average molecular weight is 407 g/mol. The molecule has 0 saturated carbocycles. The Hall–Kier alpha value is -3.12. The highest BCUT2D eigenvalue weighted by Crippen LogP contribution is 2.43. The van der Waals surface area contributed by atoms with Crippen molar-refractivity contribution in [2.24, 2.45) is 0 Å². The van der Waals surface area contributed by atoms with E-state index in [1.165, 1.54) is 11.9 Å². The maximum atomic E-state index is 13.5. The molecule has 3 aromatic carbocycles. The highest BCUT2D eigenvalue weighted by atomic mass is 32.2. The van der Waals surface area contributed by atoms with Crippen molar-refractivity contribution in [3.05, 3.63) is 77.9 Å². The second-order valence-corrected chi connectivity index (χ2v) is 7.68. The van der Waals surface area contributed by atoms with Gasteiger partial charge in [-0.25, -0.2) is 9.10 Å². The first-order valence-corrected chi connectivity index (χ1v) is 10.0. The monoisotopic (exact) mass is 406 g/mol. The number of carbonyl (C=O) groups excluding carboxylic acids is 1. The summed E-state index contributed by atoms with van der Waals surface area (Å²) in [4.78, 5) is 16.4. The minimum atomic E-state index is -0.0934. The fourth-order valence-corrected chi connectivity index (χ4v) is 4.34. The van der Waals surface area contributed by atoms with Gasteiger partial charge in [0.2, 0.25) is 0 Å². The standard InChI is InChI=1S/C23H22N2O3S/c1-16-8-4-5-9-17(16)15-24-19-10-6-7-11-22(19)29-25(23(24)26)18-12-13-20(27-2)21(14-18)28-3/h4-14H,15H2,1-3H3. The van der Waals surface area contributed by atoms with E-state index in [0.717, 1.165) is 27.4 Å². The molecule has 5 nitrogen and oxygen atoms in total. The van der Waals surface area contributed by atoms with Crippen molar-refractivity contribution in [2.75, 3.05) is 23.4 Å². The van der Waals surface area contributed by atoms with E-state index in [2.05, 4.69) is 19.1 Å². The van der Waals surface area contributed by atoms with Crippen LogP contribution >= 0.6 is 11.9 Å². The van der Waals surface area contributed by atoms with Crippen LogP contribution in [0.5, 0.6) is 11.5 Å². The number of urea groups is 1. The normalized spacial score (nSPS) is 13.3. The number of para-hydroxylation sites is 1. The van der Waals surface area contributed by atoms with E-state index in [1.54, 1.807) is 18.5 Å². The van der Waals surface area contributed by atoms with E-state index in [1.807, 2.05) is 59.5 Å². The summed E-state index contributed by atoms with van der Waals surface area (Å²) < 4.78 is 12.5. The molecule has 0 atom stereocenters. The summed E-state index contributed by atoms with van der Waals surface area (Å²) in [5.41, 5.74) is 3.94. The number of rotatable bonds is 5. The Morgan fingerprint density at radius 2 is 1.62 bits per heavy atom. The molecule has 3 aromatic rings. The van der Waals surface area contributed by atoms with Crippen LogP contribution in [0.2, 0.25) is 0 Å². The predicted molar refractivity (Wildman–Crippen MR) is 117 cm³/mol. The minimum Gasteiger partial charge on any atom is -0.493 e. The number of hydrogen-bond acceptors (Lipinski definition) is 4. The van der Waals surface area contributed by atoms with E-state index in [-0.39, 0.29) is 6.03 Å². The van der Waals surface area contributed by atoms with E-state index >= 15 is 0 Å². The van der Waals surface area contributed by atoms with E-state index in [4.69, 9.17) is 9.47 Å². The number of aryl methyl sites for hydroxylation is 1. The topological polar surface area (TPSA) is 42.0 Å². The number of amides is 2. The summed E-state index contributed by atoms with van der Waals surface area (Å²) in [7, 11) is 3.19. The molecule has 0 spiro atoms. The van der Waals surface area contributed by atoms with Gasteiger partial charge in [0.1, 0.15) is 0 Å². The lowest BCUT2D eigenvalue weighted by molar-refractivity contribution is 0.254. The van der Waals surface area contributed by atoms with E-state index in [0.29, 0.717) is 18.0 Å². The third-order valence-corrected chi connectivity index (χ3v) is 6.03. The van der Waals surface area contributed by atoms with Crippen molar-refractivity contribution in [1.29, 1.82) is 0 Å². The summed E-state index contributed by atoms with van der Waals surface area (Å²) in [5.74, 6) is 1.21. The SMILES string of the molecule is COc1ccc(N2Sc3ccccc3N(Cc3ccccc3C)C2=O)cc1OC. The number of ether oxygens (including phenoxy) is 2. The van der Waals surface area contributed by atoms with Crippen molar-refractivity contribution in [3.63, 3.8) is 0 Å². The maximum absolute atomic E-state index is 13.5. The fraction of sp³-hybridized carbons (Fsp3) is 0.174. The lowest BCUT2D eigenvalue weighted by Gasteiger charge is -2.36. The van der Waals surface area contributed by atoms with Gasteiger partial charge in [-0.2, -0.15) is 0 Å². The van der Waals surface area contributed by atoms with Crippen molar-refractivity contribution in [2.45, 2.75) is 18.4 Å². The van der Waals surface area contributed by atoms with Crippen LogP contribution in [-0.2, 0) is 6.54 Å². The molecule has 0 saturated heterocycles. The number of anilines is 2. The molecule has 0 N–H and O–H groups in total. The summed E-state index contributed by atoms with van der Waals surface area (Å²) in [6, 6.07) is 21.5. The largest absolute Gasteiger partial charge is 0.493 e. The molecule has 0 aliphatic carbocycles. The number of fused-ring (bicyclic) bond motifs is 1. The van der Waals surface area contributed by atoms with Gasteiger partial charge in [-0.3, -0.25) is 4.90 Å². The van der Waals surface area contributed by atoms with Crippen LogP contribution in [0, 0.1) is 6.92 Å². The average Bonchev–Trinajstić information content (AvgIpc) is 2.76. The van der Waals surface area contributed by atoms with Gasteiger partial charge in [0.05, 0.1) is 37.0 Å². The summed E-state index contributed by atoms with van der Waals surface area (Å²) >= 11 is 1.42. The van der Waals surface area contributed by atoms with Crippen LogP contribution in [0.3, 0.4) is 0 Å².